The Kier molecular flexibility index (Phi) is 4.03. The number of nitriles is 1. The Balaban J connectivity index is 2.11. The van der Waals surface area contributed by atoms with Crippen LogP contribution in [0, 0.1) is 18.3 Å². The average molecular weight is 342 g/mol. The highest BCUT2D eigenvalue weighted by Gasteiger charge is 2.16. The number of aryl methyl sites for hydroxylation is 2. The quantitative estimate of drug-likeness (QED) is 0.757. The molecule has 23 heavy (non-hydrogen) atoms. The number of nitrogens with two attached hydrogens (primary N) is 2. The van der Waals surface area contributed by atoms with Gasteiger partial charge in [-0.25, -0.2) is 4.98 Å². The standard InChI is InChI=1S/C16H14N4OS2/c1-8-9(3-2-4-17)5-12(22-8)13-6-10-14(23-13)11(16(19)21)7-20-15(10)18/h5-7H,2-3H2,1H3,(H2,18,20)(H2,19,21). The summed E-state index contributed by atoms with van der Waals surface area (Å²) in [7, 11) is 0. The summed E-state index contributed by atoms with van der Waals surface area (Å²) in [4.78, 5) is 19.0. The van der Waals surface area contributed by atoms with Gasteiger partial charge in [0.1, 0.15) is 5.82 Å². The Morgan fingerprint density at radius 2 is 2.09 bits per heavy atom. The van der Waals surface area contributed by atoms with E-state index in [9.17, 15) is 4.79 Å². The number of fused-ring (bicyclic) bond motifs is 1. The minimum atomic E-state index is -0.507. The summed E-state index contributed by atoms with van der Waals surface area (Å²) in [5, 5.41) is 9.50. The zero-order chi connectivity index (χ0) is 16.6. The number of hydrogen-bond donors (Lipinski definition) is 2. The van der Waals surface area contributed by atoms with Crippen molar-refractivity contribution in [1.82, 2.24) is 4.98 Å². The van der Waals surface area contributed by atoms with E-state index < -0.39 is 5.91 Å². The van der Waals surface area contributed by atoms with Gasteiger partial charge in [0.15, 0.2) is 0 Å². The Morgan fingerprint density at radius 3 is 2.78 bits per heavy atom. The normalized spacial score (nSPS) is 10.8. The molecule has 0 saturated heterocycles. The lowest BCUT2D eigenvalue weighted by molar-refractivity contribution is 0.100. The summed E-state index contributed by atoms with van der Waals surface area (Å²) in [5.41, 5.74) is 12.9. The second kappa shape index (κ2) is 5.99. The topological polar surface area (TPSA) is 106 Å². The van der Waals surface area contributed by atoms with Crippen LogP contribution in [0.15, 0.2) is 18.3 Å². The van der Waals surface area contributed by atoms with Crippen molar-refractivity contribution in [1.29, 1.82) is 5.26 Å². The van der Waals surface area contributed by atoms with Crippen LogP contribution in [0.1, 0.15) is 27.2 Å². The monoisotopic (exact) mass is 342 g/mol. The van der Waals surface area contributed by atoms with Gasteiger partial charge in [0.05, 0.1) is 16.3 Å². The number of rotatable bonds is 4. The number of nitrogens with zero attached hydrogens (tertiary/aromatic N) is 2. The summed E-state index contributed by atoms with van der Waals surface area (Å²) in [6.07, 6.45) is 2.68. The molecule has 3 aromatic rings. The fourth-order valence-electron chi connectivity index (χ4n) is 2.42. The van der Waals surface area contributed by atoms with E-state index in [4.69, 9.17) is 16.7 Å². The number of carbonyl (C=O) groups excluding carboxylic acids is 1. The number of nitrogen functional groups attached to an aromatic ring is 1. The van der Waals surface area contributed by atoms with Gasteiger partial charge < -0.3 is 11.5 Å². The molecule has 0 fully saturated rings. The van der Waals surface area contributed by atoms with Gasteiger partial charge in [-0.2, -0.15) is 5.26 Å². The minimum absolute atomic E-state index is 0.392. The van der Waals surface area contributed by atoms with E-state index in [1.54, 1.807) is 11.3 Å². The number of carbonyl (C=O) groups is 1. The Labute approximate surface area is 141 Å². The van der Waals surface area contributed by atoms with Crippen LogP contribution in [0.3, 0.4) is 0 Å². The largest absolute Gasteiger partial charge is 0.383 e. The first-order chi connectivity index (χ1) is 11.0. The smallest absolute Gasteiger partial charge is 0.251 e. The molecule has 116 valence electrons. The third kappa shape index (κ3) is 2.79. The molecule has 0 bridgehead atoms. The van der Waals surface area contributed by atoms with Crippen molar-refractivity contribution in [3.63, 3.8) is 0 Å². The predicted octanol–water partition coefficient (Wildman–Crippen LogP) is 3.47. The second-order valence-corrected chi connectivity index (χ2v) is 7.43. The van der Waals surface area contributed by atoms with E-state index in [0.717, 1.165) is 26.3 Å². The van der Waals surface area contributed by atoms with E-state index in [1.165, 1.54) is 28.0 Å². The van der Waals surface area contributed by atoms with Crippen LogP contribution in [-0.4, -0.2) is 10.9 Å². The lowest BCUT2D eigenvalue weighted by Gasteiger charge is -1.99. The zero-order valence-corrected chi connectivity index (χ0v) is 14.1. The molecule has 0 aliphatic carbocycles. The van der Waals surface area contributed by atoms with Gasteiger partial charge in [0.25, 0.3) is 5.91 Å². The molecule has 0 radical (unpaired) electrons. The fourth-order valence-corrected chi connectivity index (χ4v) is 4.75. The van der Waals surface area contributed by atoms with E-state index in [0.29, 0.717) is 17.8 Å². The zero-order valence-electron chi connectivity index (χ0n) is 12.4. The van der Waals surface area contributed by atoms with Gasteiger partial charge >= 0.3 is 0 Å². The minimum Gasteiger partial charge on any atom is -0.383 e. The molecule has 5 nitrogen and oxygen atoms in total. The maximum absolute atomic E-state index is 11.6. The molecule has 0 saturated carbocycles. The molecule has 0 spiro atoms. The van der Waals surface area contributed by atoms with Crippen LogP contribution >= 0.6 is 22.7 Å². The molecular weight excluding hydrogens is 328 g/mol. The number of aromatic nitrogens is 1. The van der Waals surface area contributed by atoms with Gasteiger partial charge in [0.2, 0.25) is 0 Å². The lowest BCUT2D eigenvalue weighted by Crippen LogP contribution is -2.11. The summed E-state index contributed by atoms with van der Waals surface area (Å²) in [6.45, 7) is 2.05. The first-order valence-electron chi connectivity index (χ1n) is 6.95. The molecular formula is C16H14N4OS2. The van der Waals surface area contributed by atoms with Gasteiger partial charge in [-0.05, 0) is 31.0 Å². The maximum Gasteiger partial charge on any atom is 0.251 e. The van der Waals surface area contributed by atoms with Crippen LogP contribution in [0.2, 0.25) is 0 Å². The van der Waals surface area contributed by atoms with Crippen molar-refractivity contribution in [3.05, 3.63) is 34.3 Å². The van der Waals surface area contributed by atoms with E-state index in [-0.39, 0.29) is 0 Å². The molecule has 0 unspecified atom stereocenters. The fraction of sp³-hybridized carbons (Fsp3) is 0.188. The van der Waals surface area contributed by atoms with Gasteiger partial charge in [-0.3, -0.25) is 4.79 Å². The van der Waals surface area contributed by atoms with Crippen LogP contribution in [0.5, 0.6) is 0 Å². The summed E-state index contributed by atoms with van der Waals surface area (Å²) in [6, 6.07) is 6.23. The van der Waals surface area contributed by atoms with Gasteiger partial charge in [-0.15, -0.1) is 22.7 Å². The molecule has 0 aliphatic rings. The summed E-state index contributed by atoms with van der Waals surface area (Å²) < 4.78 is 0.768. The summed E-state index contributed by atoms with van der Waals surface area (Å²) in [5.74, 6) is -0.113. The molecule has 0 aromatic carbocycles. The molecule has 0 aliphatic heterocycles. The summed E-state index contributed by atoms with van der Waals surface area (Å²) >= 11 is 3.17. The third-order valence-corrected chi connectivity index (χ3v) is 6.08. The van der Waals surface area contributed by atoms with Crippen molar-refractivity contribution < 1.29 is 4.79 Å². The maximum atomic E-state index is 11.6. The molecule has 3 aromatic heterocycles. The van der Waals surface area contributed by atoms with Crippen LogP contribution < -0.4 is 11.5 Å². The molecule has 0 atom stereocenters. The number of pyridine rings is 1. The molecule has 1 amide bonds. The van der Waals surface area contributed by atoms with Gasteiger partial charge in [-0.1, -0.05) is 0 Å². The molecule has 3 heterocycles. The SMILES string of the molecule is Cc1sc(-c2cc3c(N)ncc(C(N)=O)c3s2)cc1CCC#N. The van der Waals surface area contributed by atoms with Crippen LogP contribution in [0.25, 0.3) is 19.8 Å². The highest BCUT2D eigenvalue weighted by Crippen LogP contribution is 2.41. The first-order valence-corrected chi connectivity index (χ1v) is 8.59. The molecule has 4 N–H and O–H groups in total. The van der Waals surface area contributed by atoms with E-state index >= 15 is 0 Å². The highest BCUT2D eigenvalue weighted by atomic mass is 32.1. The van der Waals surface area contributed by atoms with Crippen LogP contribution in [-0.2, 0) is 6.42 Å². The van der Waals surface area contributed by atoms with Crippen molar-refractivity contribution in [3.8, 4) is 15.8 Å². The van der Waals surface area contributed by atoms with E-state index in [2.05, 4.69) is 24.0 Å². The molecule has 3 rings (SSSR count). The number of hydrogen-bond acceptors (Lipinski definition) is 6. The number of anilines is 1. The van der Waals surface area contributed by atoms with Crippen LogP contribution in [0.4, 0.5) is 5.82 Å². The van der Waals surface area contributed by atoms with E-state index in [1.807, 2.05) is 6.07 Å². The second-order valence-electron chi connectivity index (χ2n) is 5.13. The molecule has 7 heteroatoms. The highest BCUT2D eigenvalue weighted by molar-refractivity contribution is 7.26. The Hall–Kier alpha value is -2.43. The van der Waals surface area contributed by atoms with Gasteiger partial charge in [0, 0.05) is 32.6 Å². The third-order valence-electron chi connectivity index (χ3n) is 3.62. The number of amides is 1. The number of thiophene rings is 2. The predicted molar refractivity (Wildman–Crippen MR) is 94.5 cm³/mol. The average Bonchev–Trinajstić information content (AvgIpc) is 3.09. The lowest BCUT2D eigenvalue weighted by atomic mass is 10.1. The van der Waals surface area contributed by atoms with Crippen molar-refractivity contribution in [2.45, 2.75) is 19.8 Å². The Bertz CT molecular complexity index is 949. The number of primary amides is 1. The van der Waals surface area contributed by atoms with Crippen molar-refractivity contribution >= 4 is 44.5 Å². The first kappa shape index (κ1) is 15.5. The van der Waals surface area contributed by atoms with Crippen molar-refractivity contribution in [2.24, 2.45) is 5.73 Å². The Morgan fingerprint density at radius 1 is 1.35 bits per heavy atom. The van der Waals surface area contributed by atoms with Crippen molar-refractivity contribution in [2.75, 3.05) is 5.73 Å².